The molecule has 0 unspecified atom stereocenters. The molecule has 0 N–H and O–H groups in total. The third-order valence-corrected chi connectivity index (χ3v) is 2.57. The van der Waals surface area contributed by atoms with Gasteiger partial charge in [0.1, 0.15) is 11.6 Å². The van der Waals surface area contributed by atoms with Crippen LogP contribution in [0.5, 0.6) is 0 Å². The van der Waals surface area contributed by atoms with E-state index in [2.05, 4.69) is 0 Å². The van der Waals surface area contributed by atoms with Crippen molar-refractivity contribution in [2.24, 2.45) is 0 Å². The topological polar surface area (TPSA) is 43.1 Å². The lowest BCUT2D eigenvalue weighted by Gasteiger charge is -2.06. The molecule has 0 radical (unpaired) electrons. The van der Waals surface area contributed by atoms with Crippen molar-refractivity contribution in [3.63, 3.8) is 0 Å². The molecule has 92 valence electrons. The molecule has 0 saturated carbocycles. The van der Waals surface area contributed by atoms with E-state index in [0.29, 0.717) is 0 Å². The van der Waals surface area contributed by atoms with E-state index in [0.717, 1.165) is 23.8 Å². The highest BCUT2D eigenvalue weighted by molar-refractivity contribution is 5.68. The molecule has 0 saturated heterocycles. The maximum absolute atomic E-state index is 13.6. The Morgan fingerprint density at radius 2 is 1.56 bits per heavy atom. The molecule has 0 aliphatic rings. The Morgan fingerprint density at radius 3 is 2.17 bits per heavy atom. The Kier molecular flexibility index (Phi) is 3.06. The van der Waals surface area contributed by atoms with E-state index >= 15 is 0 Å². The normalized spacial score (nSPS) is 10.4. The first kappa shape index (κ1) is 12.2. The maximum Gasteiger partial charge on any atom is 0.270 e. The molecule has 0 bridgehead atoms. The molecule has 2 aromatic rings. The van der Waals surface area contributed by atoms with Crippen LogP contribution in [0.2, 0.25) is 0 Å². The minimum absolute atomic E-state index is 0.0243. The number of hydrogen-bond acceptors (Lipinski definition) is 2. The average molecular weight is 249 g/mol. The molecule has 0 heterocycles. The lowest BCUT2D eigenvalue weighted by atomic mass is 10.0. The molecule has 2 aromatic carbocycles. The number of nitro benzene ring substituents is 1. The van der Waals surface area contributed by atoms with Gasteiger partial charge in [0.2, 0.25) is 0 Å². The Hall–Kier alpha value is -2.30. The van der Waals surface area contributed by atoms with E-state index in [1.54, 1.807) is 13.0 Å². The highest BCUT2D eigenvalue weighted by Gasteiger charge is 2.15. The third kappa shape index (κ3) is 2.20. The smallest absolute Gasteiger partial charge is 0.258 e. The first-order chi connectivity index (χ1) is 8.49. The second-order valence-corrected chi connectivity index (χ2v) is 3.90. The molecule has 3 nitrogen and oxygen atoms in total. The van der Waals surface area contributed by atoms with Crippen LogP contribution in [0.3, 0.4) is 0 Å². The number of aryl methyl sites for hydroxylation is 1. The van der Waals surface area contributed by atoms with Crippen LogP contribution in [0.15, 0.2) is 36.4 Å². The molecule has 0 spiro atoms. The van der Waals surface area contributed by atoms with Crippen LogP contribution in [0.4, 0.5) is 14.5 Å². The van der Waals surface area contributed by atoms with Gasteiger partial charge in [0.05, 0.1) is 4.92 Å². The molecule has 0 atom stereocenters. The van der Waals surface area contributed by atoms with Crippen molar-refractivity contribution in [2.75, 3.05) is 0 Å². The fourth-order valence-electron chi connectivity index (χ4n) is 1.68. The fourth-order valence-corrected chi connectivity index (χ4v) is 1.68. The average Bonchev–Trinajstić information content (AvgIpc) is 2.33. The summed E-state index contributed by atoms with van der Waals surface area (Å²) in [4.78, 5) is 9.99. The van der Waals surface area contributed by atoms with Gasteiger partial charge in [0.15, 0.2) is 0 Å². The maximum atomic E-state index is 13.6. The summed E-state index contributed by atoms with van der Waals surface area (Å²) in [5.74, 6) is -1.30. The lowest BCUT2D eigenvalue weighted by Crippen LogP contribution is -1.93. The quantitative estimate of drug-likeness (QED) is 0.599. The van der Waals surface area contributed by atoms with E-state index < -0.39 is 16.6 Å². The Labute approximate surface area is 102 Å². The fraction of sp³-hybridized carbons (Fsp3) is 0.0769. The molecule has 0 fully saturated rings. The Bertz CT molecular complexity index is 626. The first-order valence-corrected chi connectivity index (χ1v) is 5.19. The molecule has 18 heavy (non-hydrogen) atoms. The molecule has 0 aromatic heterocycles. The molecule has 0 aliphatic heterocycles. The zero-order valence-electron chi connectivity index (χ0n) is 9.48. The predicted molar refractivity (Wildman–Crippen MR) is 63.2 cm³/mol. The van der Waals surface area contributed by atoms with Crippen LogP contribution in [0.25, 0.3) is 11.1 Å². The van der Waals surface area contributed by atoms with E-state index in [1.807, 2.05) is 0 Å². The molecule has 0 aliphatic carbocycles. The summed E-state index contributed by atoms with van der Waals surface area (Å²) < 4.78 is 27.3. The van der Waals surface area contributed by atoms with Crippen LogP contribution in [0, 0.1) is 28.7 Å². The van der Waals surface area contributed by atoms with Gasteiger partial charge in [0, 0.05) is 23.3 Å². The van der Waals surface area contributed by atoms with Crippen LogP contribution in [0.1, 0.15) is 5.56 Å². The van der Waals surface area contributed by atoms with Crippen LogP contribution < -0.4 is 0 Å². The zero-order chi connectivity index (χ0) is 13.3. The van der Waals surface area contributed by atoms with Crippen LogP contribution in [-0.4, -0.2) is 4.92 Å². The third-order valence-electron chi connectivity index (χ3n) is 2.57. The first-order valence-electron chi connectivity index (χ1n) is 5.19. The zero-order valence-corrected chi connectivity index (χ0v) is 9.48. The number of benzene rings is 2. The number of nitrogens with zero attached hydrogens (tertiary/aromatic N) is 1. The molecule has 0 amide bonds. The van der Waals surface area contributed by atoms with Gasteiger partial charge in [-0.3, -0.25) is 10.1 Å². The lowest BCUT2D eigenvalue weighted by molar-refractivity contribution is -0.384. The van der Waals surface area contributed by atoms with Crippen molar-refractivity contribution in [1.82, 2.24) is 0 Å². The van der Waals surface area contributed by atoms with Crippen LogP contribution in [-0.2, 0) is 0 Å². The Balaban J connectivity index is 2.66. The van der Waals surface area contributed by atoms with E-state index in [9.17, 15) is 18.9 Å². The van der Waals surface area contributed by atoms with Crippen molar-refractivity contribution in [1.29, 1.82) is 0 Å². The molecular weight excluding hydrogens is 240 g/mol. The van der Waals surface area contributed by atoms with Gasteiger partial charge >= 0.3 is 0 Å². The summed E-state index contributed by atoms with van der Waals surface area (Å²) in [5.41, 5.74) is 0.395. The van der Waals surface area contributed by atoms with E-state index in [1.165, 1.54) is 12.1 Å². The van der Waals surface area contributed by atoms with Gasteiger partial charge in [0.25, 0.3) is 5.69 Å². The van der Waals surface area contributed by atoms with Crippen molar-refractivity contribution >= 4 is 5.69 Å². The van der Waals surface area contributed by atoms with Crippen molar-refractivity contribution in [2.45, 2.75) is 6.92 Å². The second kappa shape index (κ2) is 4.52. The summed E-state index contributed by atoms with van der Waals surface area (Å²) in [6, 6.07) is 7.27. The largest absolute Gasteiger partial charge is 0.270 e. The number of non-ortho nitro benzene ring substituents is 1. The minimum Gasteiger partial charge on any atom is -0.258 e. The number of rotatable bonds is 2. The number of nitro groups is 1. The number of halogens is 2. The second-order valence-electron chi connectivity index (χ2n) is 3.90. The minimum atomic E-state index is -0.690. The monoisotopic (exact) mass is 249 g/mol. The summed E-state index contributed by atoms with van der Waals surface area (Å²) in [5, 5.41) is 10.6. The Morgan fingerprint density at radius 1 is 1.00 bits per heavy atom. The summed E-state index contributed by atoms with van der Waals surface area (Å²) in [6.45, 7) is 1.73. The van der Waals surface area contributed by atoms with Gasteiger partial charge in [-0.05, 0) is 25.1 Å². The van der Waals surface area contributed by atoms with Gasteiger partial charge in [-0.2, -0.15) is 0 Å². The molecule has 5 heteroatoms. The van der Waals surface area contributed by atoms with Crippen LogP contribution >= 0.6 is 0 Å². The van der Waals surface area contributed by atoms with Gasteiger partial charge in [-0.15, -0.1) is 0 Å². The van der Waals surface area contributed by atoms with Gasteiger partial charge < -0.3 is 0 Å². The highest BCUT2D eigenvalue weighted by atomic mass is 19.1. The van der Waals surface area contributed by atoms with Crippen molar-refractivity contribution in [3.8, 4) is 11.1 Å². The summed E-state index contributed by atoms with van der Waals surface area (Å²) in [7, 11) is 0. The highest BCUT2D eigenvalue weighted by Crippen LogP contribution is 2.29. The van der Waals surface area contributed by atoms with E-state index in [4.69, 9.17) is 0 Å². The summed E-state index contributed by atoms with van der Waals surface area (Å²) >= 11 is 0. The van der Waals surface area contributed by atoms with E-state index in [-0.39, 0.29) is 16.8 Å². The standard InChI is InChI=1S/C13H9F2NO2/c1-8-2-4-12(14)10(6-8)11-7-9(16(17)18)3-5-13(11)15/h2-7H,1H3. The van der Waals surface area contributed by atoms with Crippen molar-refractivity contribution in [3.05, 3.63) is 63.7 Å². The van der Waals surface area contributed by atoms with Crippen molar-refractivity contribution < 1.29 is 13.7 Å². The summed E-state index contributed by atoms with van der Waals surface area (Å²) in [6.07, 6.45) is 0. The van der Waals surface area contributed by atoms with Gasteiger partial charge in [-0.25, -0.2) is 8.78 Å². The predicted octanol–water partition coefficient (Wildman–Crippen LogP) is 3.85. The van der Waals surface area contributed by atoms with Gasteiger partial charge in [-0.1, -0.05) is 11.6 Å². The SMILES string of the molecule is Cc1ccc(F)c(-c2cc([N+](=O)[O-])ccc2F)c1. The molecule has 2 rings (SSSR count). The molecular formula is C13H9F2NO2. The number of hydrogen-bond donors (Lipinski definition) is 0.